The van der Waals surface area contributed by atoms with Crippen LogP contribution in [-0.4, -0.2) is 37.6 Å². The fraction of sp³-hybridized carbons (Fsp3) is 1.00. The highest BCUT2D eigenvalue weighted by molar-refractivity contribution is 4.49. The molecule has 2 atom stereocenters. The maximum absolute atomic E-state index is 8.88. The van der Waals surface area contributed by atoms with E-state index in [0.717, 1.165) is 0 Å². The number of aliphatic hydroxyl groups excluding tert-OH is 1. The van der Waals surface area contributed by atoms with E-state index in [0.29, 0.717) is 19.6 Å². The molecular weight excluding hydrogens is 144 g/mol. The van der Waals surface area contributed by atoms with Gasteiger partial charge in [-0.25, -0.2) is 0 Å². The van der Waals surface area contributed by atoms with Crippen molar-refractivity contribution in [1.82, 2.24) is 0 Å². The highest BCUT2D eigenvalue weighted by Gasteiger charge is 2.01. The molecule has 3 nitrogen and oxygen atoms in total. The summed E-state index contributed by atoms with van der Waals surface area (Å²) in [6.07, 6.45) is 0.539. The molecule has 0 fully saturated rings. The third-order valence-electron chi connectivity index (χ3n) is 1.34. The predicted octanol–water partition coefficient (Wildman–Crippen LogP) is 0.809. The van der Waals surface area contributed by atoms with Gasteiger partial charge in [-0.2, -0.15) is 0 Å². The lowest BCUT2D eigenvalue weighted by molar-refractivity contribution is -0.00261. The van der Waals surface area contributed by atoms with Gasteiger partial charge in [0.05, 0.1) is 18.8 Å². The summed E-state index contributed by atoms with van der Waals surface area (Å²) in [5, 5.41) is 8.88. The van der Waals surface area contributed by atoms with Crippen LogP contribution in [-0.2, 0) is 9.47 Å². The second-order valence-electron chi connectivity index (χ2n) is 2.77. The molecule has 0 radical (unpaired) electrons. The van der Waals surface area contributed by atoms with Gasteiger partial charge in [0.15, 0.2) is 0 Å². The molecule has 0 aromatic carbocycles. The van der Waals surface area contributed by atoms with Crippen LogP contribution in [0.2, 0.25) is 0 Å². The van der Waals surface area contributed by atoms with Crippen molar-refractivity contribution in [3.63, 3.8) is 0 Å². The van der Waals surface area contributed by atoms with E-state index >= 15 is 0 Å². The Morgan fingerprint density at radius 3 is 2.45 bits per heavy atom. The standard InChI is InChI=1S/C8H18O3/c1-7(9)4-5-11-8(2)6-10-3/h7-9H,4-6H2,1-3H3. The highest BCUT2D eigenvalue weighted by atomic mass is 16.5. The van der Waals surface area contributed by atoms with Crippen molar-refractivity contribution < 1.29 is 14.6 Å². The fourth-order valence-electron chi connectivity index (χ4n) is 0.723. The molecule has 0 aliphatic carbocycles. The van der Waals surface area contributed by atoms with Crippen LogP contribution in [0.5, 0.6) is 0 Å². The van der Waals surface area contributed by atoms with Gasteiger partial charge in [0.2, 0.25) is 0 Å². The normalized spacial score (nSPS) is 16.4. The lowest BCUT2D eigenvalue weighted by Crippen LogP contribution is -2.17. The minimum Gasteiger partial charge on any atom is -0.393 e. The Bertz CT molecular complexity index is 83.4. The van der Waals surface area contributed by atoms with E-state index in [1.165, 1.54) is 0 Å². The Morgan fingerprint density at radius 2 is 2.00 bits per heavy atom. The van der Waals surface area contributed by atoms with Crippen molar-refractivity contribution >= 4 is 0 Å². The van der Waals surface area contributed by atoms with Crippen molar-refractivity contribution in [3.05, 3.63) is 0 Å². The molecule has 2 unspecified atom stereocenters. The highest BCUT2D eigenvalue weighted by Crippen LogP contribution is 1.95. The van der Waals surface area contributed by atoms with Crippen molar-refractivity contribution in [2.45, 2.75) is 32.5 Å². The van der Waals surface area contributed by atoms with Crippen LogP contribution >= 0.6 is 0 Å². The smallest absolute Gasteiger partial charge is 0.0780 e. The third kappa shape index (κ3) is 7.78. The zero-order valence-electron chi connectivity index (χ0n) is 7.54. The number of hydrogen-bond donors (Lipinski definition) is 1. The number of rotatable bonds is 6. The Hall–Kier alpha value is -0.120. The van der Waals surface area contributed by atoms with Gasteiger partial charge in [-0.15, -0.1) is 0 Å². The van der Waals surface area contributed by atoms with Crippen LogP contribution in [0.3, 0.4) is 0 Å². The molecule has 0 aliphatic heterocycles. The van der Waals surface area contributed by atoms with Gasteiger partial charge in [-0.1, -0.05) is 0 Å². The molecule has 3 heteroatoms. The zero-order valence-corrected chi connectivity index (χ0v) is 7.54. The van der Waals surface area contributed by atoms with E-state index in [-0.39, 0.29) is 12.2 Å². The van der Waals surface area contributed by atoms with Crippen LogP contribution in [0.15, 0.2) is 0 Å². The zero-order chi connectivity index (χ0) is 8.69. The number of aliphatic hydroxyl groups is 1. The van der Waals surface area contributed by atoms with Crippen molar-refractivity contribution in [2.24, 2.45) is 0 Å². The lowest BCUT2D eigenvalue weighted by Gasteiger charge is -2.12. The summed E-state index contributed by atoms with van der Waals surface area (Å²) in [5.74, 6) is 0. The molecule has 0 amide bonds. The number of ether oxygens (including phenoxy) is 2. The molecule has 0 spiro atoms. The summed E-state index contributed by atoms with van der Waals surface area (Å²) in [4.78, 5) is 0. The van der Waals surface area contributed by atoms with Gasteiger partial charge >= 0.3 is 0 Å². The Balaban J connectivity index is 3.10. The maximum Gasteiger partial charge on any atom is 0.0780 e. The summed E-state index contributed by atoms with van der Waals surface area (Å²) >= 11 is 0. The van der Waals surface area contributed by atoms with Gasteiger partial charge in [-0.05, 0) is 20.3 Å². The SMILES string of the molecule is COCC(C)OCCC(C)O. The largest absolute Gasteiger partial charge is 0.393 e. The van der Waals surface area contributed by atoms with E-state index in [1.807, 2.05) is 6.92 Å². The first-order valence-electron chi connectivity index (χ1n) is 3.95. The minimum atomic E-state index is -0.273. The molecule has 1 N–H and O–H groups in total. The monoisotopic (exact) mass is 162 g/mol. The summed E-state index contributed by atoms with van der Waals surface area (Å²) in [6, 6.07) is 0. The molecule has 0 aromatic rings. The Labute approximate surface area is 68.3 Å². The molecule has 0 saturated carbocycles. The van der Waals surface area contributed by atoms with E-state index in [9.17, 15) is 0 Å². The summed E-state index contributed by atoms with van der Waals surface area (Å²) in [6.45, 7) is 4.91. The quantitative estimate of drug-likeness (QED) is 0.628. The molecule has 68 valence electrons. The third-order valence-corrected chi connectivity index (χ3v) is 1.34. The second-order valence-corrected chi connectivity index (χ2v) is 2.77. The average molecular weight is 162 g/mol. The van der Waals surface area contributed by atoms with Gasteiger partial charge in [-0.3, -0.25) is 0 Å². The first-order valence-corrected chi connectivity index (χ1v) is 3.95. The van der Waals surface area contributed by atoms with E-state index < -0.39 is 0 Å². The minimum absolute atomic E-state index is 0.124. The van der Waals surface area contributed by atoms with Gasteiger partial charge in [0.1, 0.15) is 0 Å². The lowest BCUT2D eigenvalue weighted by atomic mass is 10.3. The van der Waals surface area contributed by atoms with Crippen LogP contribution in [0, 0.1) is 0 Å². The maximum atomic E-state index is 8.88. The van der Waals surface area contributed by atoms with Crippen LogP contribution in [0.1, 0.15) is 20.3 Å². The summed E-state index contributed by atoms with van der Waals surface area (Å²) < 4.78 is 10.2. The van der Waals surface area contributed by atoms with Crippen LogP contribution < -0.4 is 0 Å². The number of hydrogen-bond acceptors (Lipinski definition) is 3. The topological polar surface area (TPSA) is 38.7 Å². The van der Waals surface area contributed by atoms with Gasteiger partial charge < -0.3 is 14.6 Å². The van der Waals surface area contributed by atoms with Crippen molar-refractivity contribution in [3.8, 4) is 0 Å². The molecule has 0 aliphatic rings. The van der Waals surface area contributed by atoms with Crippen molar-refractivity contribution in [2.75, 3.05) is 20.3 Å². The molecule has 0 rings (SSSR count). The fourth-order valence-corrected chi connectivity index (χ4v) is 0.723. The average Bonchev–Trinajstić information content (AvgIpc) is 1.87. The summed E-state index contributed by atoms with van der Waals surface area (Å²) in [5.41, 5.74) is 0. The molecule has 0 aromatic heterocycles. The van der Waals surface area contributed by atoms with Crippen LogP contribution in [0.4, 0.5) is 0 Å². The van der Waals surface area contributed by atoms with Gasteiger partial charge in [0.25, 0.3) is 0 Å². The summed E-state index contributed by atoms with van der Waals surface area (Å²) in [7, 11) is 1.65. The predicted molar refractivity (Wildman–Crippen MR) is 43.6 cm³/mol. The molecule has 0 heterocycles. The molecular formula is C8H18O3. The molecule has 11 heavy (non-hydrogen) atoms. The van der Waals surface area contributed by atoms with Crippen molar-refractivity contribution in [1.29, 1.82) is 0 Å². The van der Waals surface area contributed by atoms with E-state index in [2.05, 4.69) is 0 Å². The Morgan fingerprint density at radius 1 is 1.36 bits per heavy atom. The first kappa shape index (κ1) is 10.9. The van der Waals surface area contributed by atoms with E-state index in [4.69, 9.17) is 14.6 Å². The molecule has 0 bridgehead atoms. The van der Waals surface area contributed by atoms with Crippen LogP contribution in [0.25, 0.3) is 0 Å². The first-order chi connectivity index (χ1) is 5.16. The van der Waals surface area contributed by atoms with Gasteiger partial charge in [0, 0.05) is 13.7 Å². The second kappa shape index (κ2) is 6.58. The Kier molecular flexibility index (Phi) is 6.51. The van der Waals surface area contributed by atoms with E-state index in [1.54, 1.807) is 14.0 Å². The number of methoxy groups -OCH3 is 1. The molecule has 0 saturated heterocycles.